The van der Waals surface area contributed by atoms with E-state index in [2.05, 4.69) is 5.32 Å². The van der Waals surface area contributed by atoms with Crippen LogP contribution >= 0.6 is 0 Å². The first-order valence-corrected chi connectivity index (χ1v) is 7.70. The Kier molecular flexibility index (Phi) is 5.40. The van der Waals surface area contributed by atoms with E-state index in [1.165, 1.54) is 0 Å². The summed E-state index contributed by atoms with van der Waals surface area (Å²) in [5.74, 6) is -0.609. The Morgan fingerprint density at radius 1 is 1.15 bits per heavy atom. The fraction of sp³-hybridized carbons (Fsp3) is 0.867. The van der Waals surface area contributed by atoms with Gasteiger partial charge in [0.15, 0.2) is 12.2 Å². The SMILES string of the molecule is CC(C)[C@H](OC(=O)[C@@H]1CCCO1)C(=O)NC1CCCC1. The summed E-state index contributed by atoms with van der Waals surface area (Å²) < 4.78 is 10.7. The molecule has 0 aromatic heterocycles. The molecule has 1 N–H and O–H groups in total. The molecule has 0 bridgehead atoms. The average molecular weight is 283 g/mol. The van der Waals surface area contributed by atoms with Gasteiger partial charge in [-0.05, 0) is 31.6 Å². The first kappa shape index (κ1) is 15.3. The van der Waals surface area contributed by atoms with Gasteiger partial charge in [0.25, 0.3) is 5.91 Å². The van der Waals surface area contributed by atoms with Crippen molar-refractivity contribution in [3.8, 4) is 0 Å². The number of hydrogen-bond acceptors (Lipinski definition) is 4. The van der Waals surface area contributed by atoms with Crippen LogP contribution < -0.4 is 5.32 Å². The van der Waals surface area contributed by atoms with E-state index in [1.807, 2.05) is 13.8 Å². The second kappa shape index (κ2) is 7.07. The second-order valence-corrected chi connectivity index (χ2v) is 6.09. The van der Waals surface area contributed by atoms with Gasteiger partial charge in [0, 0.05) is 12.6 Å². The standard InChI is InChI=1S/C15H25NO4/c1-10(2)13(14(17)16-11-6-3-4-7-11)20-15(18)12-8-5-9-19-12/h10-13H,3-9H2,1-2H3,(H,16,17)/t12-,13-/m0/s1. The van der Waals surface area contributed by atoms with Gasteiger partial charge >= 0.3 is 5.97 Å². The van der Waals surface area contributed by atoms with Crippen LogP contribution in [0.25, 0.3) is 0 Å². The van der Waals surface area contributed by atoms with Gasteiger partial charge in [-0.3, -0.25) is 4.79 Å². The van der Waals surface area contributed by atoms with E-state index in [0.29, 0.717) is 13.0 Å². The summed E-state index contributed by atoms with van der Waals surface area (Å²) in [6.45, 7) is 4.38. The van der Waals surface area contributed by atoms with Gasteiger partial charge < -0.3 is 14.8 Å². The zero-order valence-corrected chi connectivity index (χ0v) is 12.4. The van der Waals surface area contributed by atoms with Crippen molar-refractivity contribution in [2.24, 2.45) is 5.92 Å². The molecule has 1 heterocycles. The van der Waals surface area contributed by atoms with Gasteiger partial charge in [-0.1, -0.05) is 26.7 Å². The number of carbonyl (C=O) groups excluding carboxylic acids is 2. The highest BCUT2D eigenvalue weighted by Gasteiger charge is 2.33. The first-order valence-electron chi connectivity index (χ1n) is 7.70. The van der Waals surface area contributed by atoms with Crippen LogP contribution in [0.3, 0.4) is 0 Å². The zero-order valence-electron chi connectivity index (χ0n) is 12.4. The quantitative estimate of drug-likeness (QED) is 0.781. The van der Waals surface area contributed by atoms with Crippen LogP contribution in [-0.2, 0) is 19.1 Å². The van der Waals surface area contributed by atoms with Crippen molar-refractivity contribution in [3.63, 3.8) is 0 Å². The highest BCUT2D eigenvalue weighted by Crippen LogP contribution is 2.20. The van der Waals surface area contributed by atoms with Gasteiger partial charge in [-0.15, -0.1) is 0 Å². The third kappa shape index (κ3) is 3.95. The minimum Gasteiger partial charge on any atom is -0.450 e. The Labute approximate surface area is 120 Å². The molecule has 20 heavy (non-hydrogen) atoms. The van der Waals surface area contributed by atoms with E-state index in [-0.39, 0.29) is 17.9 Å². The lowest BCUT2D eigenvalue weighted by molar-refractivity contribution is -0.167. The Hall–Kier alpha value is -1.10. The normalized spacial score (nSPS) is 24.9. The summed E-state index contributed by atoms with van der Waals surface area (Å²) in [5.41, 5.74) is 0. The number of esters is 1. The van der Waals surface area contributed by atoms with E-state index in [9.17, 15) is 9.59 Å². The fourth-order valence-corrected chi connectivity index (χ4v) is 2.81. The van der Waals surface area contributed by atoms with Crippen LogP contribution in [0.15, 0.2) is 0 Å². The largest absolute Gasteiger partial charge is 0.450 e. The maximum Gasteiger partial charge on any atom is 0.336 e. The van der Waals surface area contributed by atoms with Crippen molar-refractivity contribution in [1.82, 2.24) is 5.32 Å². The number of hydrogen-bond donors (Lipinski definition) is 1. The minimum atomic E-state index is -0.715. The molecule has 1 saturated heterocycles. The predicted octanol–water partition coefficient (Wildman–Crippen LogP) is 1.79. The molecule has 0 unspecified atom stereocenters. The molecule has 0 spiro atoms. The van der Waals surface area contributed by atoms with Gasteiger partial charge in [-0.25, -0.2) is 4.79 Å². The molecule has 114 valence electrons. The summed E-state index contributed by atoms with van der Waals surface area (Å²) in [6.07, 6.45) is 4.73. The smallest absolute Gasteiger partial charge is 0.336 e. The van der Waals surface area contributed by atoms with Gasteiger partial charge in [-0.2, -0.15) is 0 Å². The van der Waals surface area contributed by atoms with Crippen molar-refractivity contribution in [3.05, 3.63) is 0 Å². The number of carbonyl (C=O) groups is 2. The summed E-state index contributed by atoms with van der Waals surface area (Å²) in [7, 11) is 0. The first-order chi connectivity index (χ1) is 9.58. The molecule has 5 nitrogen and oxygen atoms in total. The van der Waals surface area contributed by atoms with Crippen LogP contribution in [0, 0.1) is 5.92 Å². The van der Waals surface area contributed by atoms with E-state index in [0.717, 1.165) is 32.1 Å². The van der Waals surface area contributed by atoms with Gasteiger partial charge in [0.2, 0.25) is 0 Å². The summed E-state index contributed by atoms with van der Waals surface area (Å²) in [6, 6.07) is 0.241. The lowest BCUT2D eigenvalue weighted by Gasteiger charge is -2.24. The molecule has 2 fully saturated rings. The molecule has 2 rings (SSSR count). The van der Waals surface area contributed by atoms with Crippen LogP contribution in [-0.4, -0.2) is 36.7 Å². The Morgan fingerprint density at radius 3 is 2.40 bits per heavy atom. The zero-order chi connectivity index (χ0) is 14.5. The van der Waals surface area contributed by atoms with Crippen molar-refractivity contribution < 1.29 is 19.1 Å². The highest BCUT2D eigenvalue weighted by atomic mass is 16.6. The van der Waals surface area contributed by atoms with E-state index < -0.39 is 18.2 Å². The number of ether oxygens (including phenoxy) is 2. The molecule has 5 heteroatoms. The number of nitrogens with one attached hydrogen (secondary N) is 1. The molecule has 2 atom stereocenters. The predicted molar refractivity (Wildman–Crippen MR) is 74.1 cm³/mol. The Morgan fingerprint density at radius 2 is 1.85 bits per heavy atom. The molecule has 0 aromatic rings. The second-order valence-electron chi connectivity index (χ2n) is 6.09. The molecule has 0 radical (unpaired) electrons. The van der Waals surface area contributed by atoms with Gasteiger partial charge in [0.1, 0.15) is 0 Å². The van der Waals surface area contributed by atoms with Crippen molar-refractivity contribution in [1.29, 1.82) is 0 Å². The van der Waals surface area contributed by atoms with Crippen molar-refractivity contribution >= 4 is 11.9 Å². The molecule has 0 aromatic carbocycles. The molecule has 1 saturated carbocycles. The van der Waals surface area contributed by atoms with Crippen molar-refractivity contribution in [2.45, 2.75) is 70.6 Å². The van der Waals surface area contributed by atoms with E-state index >= 15 is 0 Å². The Balaban J connectivity index is 1.88. The third-order valence-electron chi connectivity index (χ3n) is 4.00. The highest BCUT2D eigenvalue weighted by molar-refractivity contribution is 5.85. The Bertz CT molecular complexity index is 344. The van der Waals surface area contributed by atoms with Crippen LogP contribution in [0.5, 0.6) is 0 Å². The van der Waals surface area contributed by atoms with Crippen LogP contribution in [0.4, 0.5) is 0 Å². The summed E-state index contributed by atoms with van der Waals surface area (Å²) in [5, 5.41) is 3.00. The molecule has 1 amide bonds. The monoisotopic (exact) mass is 283 g/mol. The average Bonchev–Trinajstić information content (AvgIpc) is 3.07. The maximum atomic E-state index is 12.3. The van der Waals surface area contributed by atoms with Crippen molar-refractivity contribution in [2.75, 3.05) is 6.61 Å². The number of rotatable bonds is 5. The lowest BCUT2D eigenvalue weighted by Crippen LogP contribution is -2.45. The molecular formula is C15H25NO4. The number of amides is 1. The molecule has 1 aliphatic heterocycles. The van der Waals surface area contributed by atoms with Crippen LogP contribution in [0.1, 0.15) is 52.4 Å². The third-order valence-corrected chi connectivity index (χ3v) is 4.00. The van der Waals surface area contributed by atoms with E-state index in [1.54, 1.807) is 0 Å². The van der Waals surface area contributed by atoms with Gasteiger partial charge in [0.05, 0.1) is 0 Å². The van der Waals surface area contributed by atoms with Crippen LogP contribution in [0.2, 0.25) is 0 Å². The molecular weight excluding hydrogens is 258 g/mol. The summed E-state index contributed by atoms with van der Waals surface area (Å²) in [4.78, 5) is 24.2. The topological polar surface area (TPSA) is 64.6 Å². The molecule has 1 aliphatic carbocycles. The summed E-state index contributed by atoms with van der Waals surface area (Å²) >= 11 is 0. The maximum absolute atomic E-state index is 12.3. The lowest BCUT2D eigenvalue weighted by atomic mass is 10.1. The molecule has 2 aliphatic rings. The van der Waals surface area contributed by atoms with E-state index in [4.69, 9.17) is 9.47 Å². The fourth-order valence-electron chi connectivity index (χ4n) is 2.81. The minimum absolute atomic E-state index is 0.0400.